The Labute approximate surface area is 88.4 Å². The van der Waals surface area contributed by atoms with Crippen molar-refractivity contribution in [2.75, 3.05) is 0 Å². The summed E-state index contributed by atoms with van der Waals surface area (Å²) >= 11 is -0.106. The van der Waals surface area contributed by atoms with E-state index < -0.39 is 0 Å². The maximum atomic E-state index is 8.27. The third-order valence-corrected chi connectivity index (χ3v) is 1.13. The average Bonchev–Trinajstić information content (AvgIpc) is 2.08. The van der Waals surface area contributed by atoms with E-state index in [1.165, 1.54) is 0 Å². The van der Waals surface area contributed by atoms with E-state index in [1.54, 1.807) is 0 Å². The van der Waals surface area contributed by atoms with Crippen molar-refractivity contribution in [3.63, 3.8) is 0 Å². The van der Waals surface area contributed by atoms with Gasteiger partial charge in [0, 0.05) is 0 Å². The SMILES string of the molecule is N#CCc1ccccc1.[Cl][Pd][Cl]. The average molecular weight is 294 g/mol. The second kappa shape index (κ2) is 9.04. The summed E-state index contributed by atoms with van der Waals surface area (Å²) < 4.78 is 0. The van der Waals surface area contributed by atoms with Crippen LogP contribution in [0.15, 0.2) is 30.3 Å². The molecule has 1 aromatic carbocycles. The van der Waals surface area contributed by atoms with E-state index in [2.05, 4.69) is 6.07 Å². The molecule has 0 atom stereocenters. The summed E-state index contributed by atoms with van der Waals surface area (Å²) in [5, 5.41) is 8.27. The van der Waals surface area contributed by atoms with Gasteiger partial charge in [-0.3, -0.25) is 0 Å². The van der Waals surface area contributed by atoms with Crippen molar-refractivity contribution in [3.8, 4) is 6.07 Å². The molecule has 0 bridgehead atoms. The molecule has 4 heteroatoms. The molecule has 0 amide bonds. The van der Waals surface area contributed by atoms with E-state index in [4.69, 9.17) is 24.3 Å². The maximum absolute atomic E-state index is 8.27. The Hall–Kier alpha value is -0.0477. The predicted octanol–water partition coefficient (Wildman–Crippen LogP) is 3.13. The summed E-state index contributed by atoms with van der Waals surface area (Å²) in [4.78, 5) is 0. The second-order valence-corrected chi connectivity index (χ2v) is 4.23. The van der Waals surface area contributed by atoms with Gasteiger partial charge in [0.05, 0.1) is 12.5 Å². The first-order valence-corrected chi connectivity index (χ1v) is 7.08. The molecule has 0 radical (unpaired) electrons. The number of hydrogen-bond acceptors (Lipinski definition) is 1. The third kappa shape index (κ3) is 6.65. The Balaban J connectivity index is 0.000000354. The normalized spacial score (nSPS) is 8.08. The van der Waals surface area contributed by atoms with Gasteiger partial charge in [-0.25, -0.2) is 0 Å². The van der Waals surface area contributed by atoms with Crippen LogP contribution < -0.4 is 0 Å². The minimum atomic E-state index is -0.106. The van der Waals surface area contributed by atoms with Crippen molar-refractivity contribution in [3.05, 3.63) is 35.9 Å². The molecular formula is C8H7Cl2NPd. The van der Waals surface area contributed by atoms with Gasteiger partial charge < -0.3 is 0 Å². The molecule has 1 aromatic rings. The van der Waals surface area contributed by atoms with Crippen molar-refractivity contribution in [1.82, 2.24) is 0 Å². The Kier molecular flexibility index (Phi) is 9.01. The van der Waals surface area contributed by atoms with Crippen molar-refractivity contribution >= 4 is 19.1 Å². The number of benzene rings is 1. The Morgan fingerprint density at radius 1 is 1.25 bits per heavy atom. The van der Waals surface area contributed by atoms with Crippen LogP contribution in [0.5, 0.6) is 0 Å². The van der Waals surface area contributed by atoms with Gasteiger partial charge in [0.15, 0.2) is 0 Å². The Morgan fingerprint density at radius 2 is 1.75 bits per heavy atom. The Bertz CT molecular complexity index is 233. The number of halogens is 2. The molecule has 12 heavy (non-hydrogen) atoms. The molecular weight excluding hydrogens is 287 g/mol. The van der Waals surface area contributed by atoms with Crippen LogP contribution in [-0.2, 0) is 22.4 Å². The van der Waals surface area contributed by atoms with Crippen LogP contribution in [0, 0.1) is 11.3 Å². The van der Waals surface area contributed by atoms with E-state index >= 15 is 0 Å². The molecule has 0 unspecified atom stereocenters. The summed E-state index contributed by atoms with van der Waals surface area (Å²) in [6, 6.07) is 11.8. The number of nitrogens with zero attached hydrogens (tertiary/aromatic N) is 1. The van der Waals surface area contributed by atoms with Crippen LogP contribution in [0.2, 0.25) is 0 Å². The molecule has 0 saturated carbocycles. The first kappa shape index (κ1) is 12.0. The van der Waals surface area contributed by atoms with Crippen LogP contribution in [-0.4, -0.2) is 0 Å². The van der Waals surface area contributed by atoms with Gasteiger partial charge >= 0.3 is 35.0 Å². The molecule has 0 fully saturated rings. The third-order valence-electron chi connectivity index (χ3n) is 1.13. The molecule has 1 nitrogen and oxygen atoms in total. The molecule has 0 N–H and O–H groups in total. The van der Waals surface area contributed by atoms with Crippen LogP contribution in [0.3, 0.4) is 0 Å². The van der Waals surface area contributed by atoms with Crippen molar-refractivity contribution in [2.45, 2.75) is 6.42 Å². The first-order chi connectivity index (χ1) is 5.85. The molecule has 0 spiro atoms. The molecule has 0 heterocycles. The number of nitriles is 1. The molecule has 0 aliphatic rings. The van der Waals surface area contributed by atoms with Crippen molar-refractivity contribution in [1.29, 1.82) is 5.26 Å². The summed E-state index contributed by atoms with van der Waals surface area (Å²) in [6.45, 7) is 0. The Morgan fingerprint density at radius 3 is 2.17 bits per heavy atom. The molecule has 1 rings (SSSR count). The second-order valence-electron chi connectivity index (χ2n) is 1.87. The first-order valence-electron chi connectivity index (χ1n) is 3.08. The van der Waals surface area contributed by atoms with Gasteiger partial charge in [0.1, 0.15) is 0 Å². The summed E-state index contributed by atoms with van der Waals surface area (Å²) in [5.74, 6) is 0. The van der Waals surface area contributed by atoms with E-state index in [-0.39, 0.29) is 15.9 Å². The predicted molar refractivity (Wildman–Crippen MR) is 47.5 cm³/mol. The van der Waals surface area contributed by atoms with Gasteiger partial charge in [-0.1, -0.05) is 30.3 Å². The van der Waals surface area contributed by atoms with E-state index in [0.29, 0.717) is 6.42 Å². The fourth-order valence-corrected chi connectivity index (χ4v) is 0.687. The van der Waals surface area contributed by atoms with Crippen molar-refractivity contribution < 1.29 is 15.9 Å². The van der Waals surface area contributed by atoms with Gasteiger partial charge in [-0.05, 0) is 5.56 Å². The van der Waals surface area contributed by atoms with Gasteiger partial charge in [0.2, 0.25) is 0 Å². The van der Waals surface area contributed by atoms with Crippen LogP contribution in [0.1, 0.15) is 5.56 Å². The standard InChI is InChI=1S/C8H7N.2ClH.Pd/c9-7-6-8-4-2-1-3-5-8;;;/h1-5H,6H2;2*1H;/q;;;+2/p-2. The molecule has 0 aliphatic carbocycles. The molecule has 0 saturated heterocycles. The summed E-state index contributed by atoms with van der Waals surface area (Å²) in [5.41, 5.74) is 1.08. The number of hydrogen-bond donors (Lipinski definition) is 0. The van der Waals surface area contributed by atoms with Gasteiger partial charge in [-0.2, -0.15) is 5.26 Å². The molecule has 0 aromatic heterocycles. The quantitative estimate of drug-likeness (QED) is 0.730. The number of rotatable bonds is 1. The van der Waals surface area contributed by atoms with Gasteiger partial charge in [-0.15, -0.1) is 0 Å². The van der Waals surface area contributed by atoms with Crippen LogP contribution in [0.25, 0.3) is 0 Å². The molecule has 68 valence electrons. The fraction of sp³-hybridized carbons (Fsp3) is 0.125. The van der Waals surface area contributed by atoms with E-state index in [9.17, 15) is 0 Å². The summed E-state index contributed by atoms with van der Waals surface area (Å²) in [7, 11) is 9.63. The molecule has 0 aliphatic heterocycles. The summed E-state index contributed by atoms with van der Waals surface area (Å²) in [6.07, 6.45) is 0.515. The van der Waals surface area contributed by atoms with E-state index in [1.807, 2.05) is 30.3 Å². The van der Waals surface area contributed by atoms with Gasteiger partial charge in [0.25, 0.3) is 0 Å². The van der Waals surface area contributed by atoms with Crippen LogP contribution in [0.4, 0.5) is 0 Å². The zero-order chi connectivity index (χ0) is 9.23. The van der Waals surface area contributed by atoms with Crippen molar-refractivity contribution in [2.24, 2.45) is 0 Å². The fourth-order valence-electron chi connectivity index (χ4n) is 0.687. The minimum absolute atomic E-state index is 0.106. The van der Waals surface area contributed by atoms with Crippen LogP contribution >= 0.6 is 19.1 Å². The zero-order valence-corrected chi connectivity index (χ0v) is 9.18. The zero-order valence-electron chi connectivity index (χ0n) is 6.11. The van der Waals surface area contributed by atoms with E-state index in [0.717, 1.165) is 5.56 Å². The monoisotopic (exact) mass is 293 g/mol. The topological polar surface area (TPSA) is 23.8 Å².